The lowest BCUT2D eigenvalue weighted by atomic mass is 9.69. The molecular weight excluding hydrogens is 593 g/mol. The molecule has 0 saturated heterocycles. The highest BCUT2D eigenvalue weighted by molar-refractivity contribution is 6.14. The fourth-order valence-corrected chi connectivity index (χ4v) is 7.62. The zero-order valence-electron chi connectivity index (χ0n) is 27.8. The molecule has 238 valence electrons. The molecule has 0 bridgehead atoms. The minimum Gasteiger partial charge on any atom is -0.280 e. The van der Waals surface area contributed by atoms with Crippen molar-refractivity contribution in [1.82, 2.24) is 0 Å². The van der Waals surface area contributed by atoms with Gasteiger partial charge in [0.1, 0.15) is 0 Å². The van der Waals surface area contributed by atoms with E-state index in [1.165, 1.54) is 50.1 Å². The summed E-state index contributed by atoms with van der Waals surface area (Å²) < 4.78 is 0. The molecule has 8 rings (SSSR count). The predicted molar refractivity (Wildman–Crippen MR) is 208 cm³/mol. The Kier molecular flexibility index (Phi) is 8.69. The van der Waals surface area contributed by atoms with Gasteiger partial charge in [-0.25, -0.2) is 0 Å². The Morgan fingerprint density at radius 1 is 0.735 bits per heavy atom. The van der Waals surface area contributed by atoms with Crippen LogP contribution in [0.5, 0.6) is 0 Å². The number of aliphatic imine (C=N–C) groups is 2. The summed E-state index contributed by atoms with van der Waals surface area (Å²) >= 11 is 0. The zero-order chi connectivity index (χ0) is 33.0. The van der Waals surface area contributed by atoms with Crippen LogP contribution in [0.1, 0.15) is 59.8 Å². The Balaban J connectivity index is 1.09. The average Bonchev–Trinajstić information content (AvgIpc) is 3.19. The van der Waals surface area contributed by atoms with E-state index in [0.717, 1.165) is 48.2 Å². The molecule has 4 aliphatic carbocycles. The normalized spacial score (nSPS) is 19.6. The Morgan fingerprint density at radius 3 is 2.29 bits per heavy atom. The lowest BCUT2D eigenvalue weighted by Gasteiger charge is -2.34. The largest absolute Gasteiger partial charge is 0.280 e. The second kappa shape index (κ2) is 13.9. The average molecular weight is 633 g/mol. The Bertz CT molecular complexity index is 2150. The third kappa shape index (κ3) is 6.35. The molecule has 0 aromatic heterocycles. The molecule has 0 fully saturated rings. The number of rotatable bonds is 8. The van der Waals surface area contributed by atoms with E-state index in [0.29, 0.717) is 18.4 Å². The van der Waals surface area contributed by atoms with Gasteiger partial charge in [-0.15, -0.1) is 0 Å². The van der Waals surface area contributed by atoms with Crippen molar-refractivity contribution in [2.45, 2.75) is 44.1 Å². The third-order valence-corrected chi connectivity index (χ3v) is 10.2. The fourth-order valence-electron chi connectivity index (χ4n) is 7.62. The van der Waals surface area contributed by atoms with Crippen LogP contribution in [0, 0.1) is 0 Å². The minimum absolute atomic E-state index is 0.356. The van der Waals surface area contributed by atoms with Gasteiger partial charge in [0.25, 0.3) is 0 Å². The van der Waals surface area contributed by atoms with Gasteiger partial charge in [0, 0.05) is 17.4 Å². The quantitative estimate of drug-likeness (QED) is 0.173. The van der Waals surface area contributed by atoms with Crippen LogP contribution in [-0.4, -0.2) is 12.4 Å². The number of benzene rings is 4. The molecule has 4 aromatic rings. The van der Waals surface area contributed by atoms with Gasteiger partial charge in [-0.2, -0.15) is 0 Å². The molecule has 4 aromatic carbocycles. The molecule has 0 spiro atoms. The topological polar surface area (TPSA) is 24.7 Å². The van der Waals surface area contributed by atoms with Gasteiger partial charge in [0.05, 0.1) is 18.0 Å². The predicted octanol–water partition coefficient (Wildman–Crippen LogP) is 11.9. The van der Waals surface area contributed by atoms with Crippen molar-refractivity contribution in [1.29, 1.82) is 0 Å². The van der Waals surface area contributed by atoms with Crippen molar-refractivity contribution in [2.24, 2.45) is 9.98 Å². The summed E-state index contributed by atoms with van der Waals surface area (Å²) in [7, 11) is 0. The van der Waals surface area contributed by atoms with Crippen LogP contribution < -0.4 is 0 Å². The molecule has 2 unspecified atom stereocenters. The van der Waals surface area contributed by atoms with Gasteiger partial charge in [0.15, 0.2) is 0 Å². The van der Waals surface area contributed by atoms with Crippen LogP contribution in [0.2, 0.25) is 0 Å². The standard InChI is InChI=1S/C47H40N2/c1-48-46(36-15-6-3-7-16-36)31-47(39-18-12-17-37(29-39)34-13-4-2-5-14-34)49-32-33-23-25-35(26-24-33)38-27-28-44-42-21-9-8-19-40(42)41-20-10-11-22-43(41)45(44)30-38/h3-4,6-11,13-16,18-31,41,43H,1-2,5,12,17,32H2/b46-31-,49-47?. The van der Waals surface area contributed by atoms with E-state index >= 15 is 0 Å². The first kappa shape index (κ1) is 30.7. The first-order valence-corrected chi connectivity index (χ1v) is 17.5. The molecule has 2 atom stereocenters. The molecule has 4 aliphatic rings. The van der Waals surface area contributed by atoms with E-state index in [1.807, 2.05) is 18.2 Å². The second-order valence-electron chi connectivity index (χ2n) is 13.2. The van der Waals surface area contributed by atoms with Crippen molar-refractivity contribution in [3.63, 3.8) is 0 Å². The molecule has 0 saturated carbocycles. The summed E-state index contributed by atoms with van der Waals surface area (Å²) in [4.78, 5) is 9.65. The summed E-state index contributed by atoms with van der Waals surface area (Å²) in [6, 6.07) is 35.1. The third-order valence-electron chi connectivity index (χ3n) is 10.2. The summed E-state index contributed by atoms with van der Waals surface area (Å²) in [5.41, 5.74) is 15.9. The number of allylic oxidation sites excluding steroid dienone is 13. The molecule has 0 amide bonds. The lowest BCUT2D eigenvalue weighted by molar-refractivity contribution is 0.720. The number of fused-ring (bicyclic) bond motifs is 6. The van der Waals surface area contributed by atoms with E-state index in [-0.39, 0.29) is 0 Å². The SMILES string of the molecule is C=N/C(=C\C(=NCc1ccc(-c2ccc3c(c2)C2C=CC=CC2c2ccccc2-3)cc1)C1=CCCC(C2=CCCC=C2)=C1)c1ccccc1. The second-order valence-corrected chi connectivity index (χ2v) is 13.2. The minimum atomic E-state index is 0.356. The summed E-state index contributed by atoms with van der Waals surface area (Å²) in [6.45, 7) is 4.49. The van der Waals surface area contributed by atoms with Crippen molar-refractivity contribution < 1.29 is 0 Å². The first-order valence-electron chi connectivity index (χ1n) is 17.5. The van der Waals surface area contributed by atoms with Crippen LogP contribution in [0.3, 0.4) is 0 Å². The van der Waals surface area contributed by atoms with E-state index in [4.69, 9.17) is 4.99 Å². The van der Waals surface area contributed by atoms with Gasteiger partial charge >= 0.3 is 0 Å². The maximum atomic E-state index is 5.23. The van der Waals surface area contributed by atoms with E-state index < -0.39 is 0 Å². The number of hydrogen-bond donors (Lipinski definition) is 0. The summed E-state index contributed by atoms with van der Waals surface area (Å²) in [5, 5.41) is 0. The van der Waals surface area contributed by atoms with Gasteiger partial charge in [-0.3, -0.25) is 9.98 Å². The molecule has 0 aliphatic heterocycles. The van der Waals surface area contributed by atoms with Crippen molar-refractivity contribution in [3.8, 4) is 22.3 Å². The summed E-state index contributed by atoms with van der Waals surface area (Å²) in [5.74, 6) is 0.738. The molecular formula is C47H40N2. The maximum absolute atomic E-state index is 5.23. The van der Waals surface area contributed by atoms with Crippen molar-refractivity contribution in [2.75, 3.05) is 0 Å². The summed E-state index contributed by atoms with van der Waals surface area (Å²) in [6.07, 6.45) is 27.0. The van der Waals surface area contributed by atoms with Crippen LogP contribution >= 0.6 is 0 Å². The van der Waals surface area contributed by atoms with E-state index in [2.05, 4.69) is 151 Å². The molecule has 0 radical (unpaired) electrons. The number of nitrogens with zero attached hydrogens (tertiary/aromatic N) is 2. The Morgan fingerprint density at radius 2 is 1.49 bits per heavy atom. The molecule has 2 heteroatoms. The Hall–Kier alpha value is -5.60. The highest BCUT2D eigenvalue weighted by atomic mass is 14.8. The smallest absolute Gasteiger partial charge is 0.0716 e. The van der Waals surface area contributed by atoms with Gasteiger partial charge in [-0.1, -0.05) is 140 Å². The fraction of sp³-hybridized carbons (Fsp3) is 0.149. The highest BCUT2D eigenvalue weighted by Crippen LogP contribution is 2.50. The van der Waals surface area contributed by atoms with Crippen LogP contribution in [0.15, 0.2) is 185 Å². The van der Waals surface area contributed by atoms with Gasteiger partial charge < -0.3 is 0 Å². The lowest BCUT2D eigenvalue weighted by Crippen LogP contribution is -2.16. The van der Waals surface area contributed by atoms with Crippen LogP contribution in [-0.2, 0) is 6.54 Å². The van der Waals surface area contributed by atoms with E-state index in [1.54, 1.807) is 0 Å². The zero-order valence-corrected chi connectivity index (χ0v) is 27.8. The van der Waals surface area contributed by atoms with Crippen LogP contribution in [0.4, 0.5) is 0 Å². The first-order chi connectivity index (χ1) is 24.2. The molecule has 0 heterocycles. The highest BCUT2D eigenvalue weighted by Gasteiger charge is 2.31. The number of hydrogen-bond acceptors (Lipinski definition) is 2. The van der Waals surface area contributed by atoms with E-state index in [9.17, 15) is 0 Å². The molecule has 0 N–H and O–H groups in total. The molecule has 2 nitrogen and oxygen atoms in total. The van der Waals surface area contributed by atoms with Gasteiger partial charge in [-0.05, 0) is 106 Å². The maximum Gasteiger partial charge on any atom is 0.0716 e. The van der Waals surface area contributed by atoms with Crippen LogP contribution in [0.25, 0.3) is 28.0 Å². The van der Waals surface area contributed by atoms with Crippen molar-refractivity contribution >= 4 is 18.1 Å². The molecule has 49 heavy (non-hydrogen) atoms. The monoisotopic (exact) mass is 632 g/mol. The van der Waals surface area contributed by atoms with Gasteiger partial charge in [0.2, 0.25) is 0 Å². The Labute approximate surface area is 290 Å². The van der Waals surface area contributed by atoms with Crippen molar-refractivity contribution in [3.05, 3.63) is 197 Å².